The lowest BCUT2D eigenvalue weighted by Gasteiger charge is -2.09. The molecule has 0 saturated heterocycles. The van der Waals surface area contributed by atoms with Gasteiger partial charge >= 0.3 is 11.7 Å². The van der Waals surface area contributed by atoms with Crippen molar-refractivity contribution in [2.24, 2.45) is 0 Å². The summed E-state index contributed by atoms with van der Waals surface area (Å²) in [6, 6.07) is 6.11. The average molecular weight is 234 g/mol. The van der Waals surface area contributed by atoms with Crippen molar-refractivity contribution in [3.8, 4) is 0 Å². The van der Waals surface area contributed by atoms with Gasteiger partial charge in [-0.1, -0.05) is 19.1 Å². The van der Waals surface area contributed by atoms with E-state index in [1.807, 2.05) is 0 Å². The molecule has 0 unspecified atom stereocenters. The van der Waals surface area contributed by atoms with E-state index < -0.39 is 11.7 Å². The maximum Gasteiger partial charge on any atom is 0.409 e. The van der Waals surface area contributed by atoms with E-state index in [2.05, 4.69) is 0 Å². The molecule has 0 amide bonds. The largest absolute Gasteiger partial charge is 0.618 e. The second-order valence-corrected chi connectivity index (χ2v) is 3.53. The van der Waals surface area contributed by atoms with E-state index in [0.29, 0.717) is 9.46 Å². The Morgan fingerprint density at radius 1 is 1.24 bits per heavy atom. The Morgan fingerprint density at radius 2 is 1.76 bits per heavy atom. The van der Waals surface area contributed by atoms with Gasteiger partial charge < -0.3 is 15.5 Å². The number of carboxylic acids is 1. The third-order valence-corrected chi connectivity index (χ3v) is 2.58. The van der Waals surface area contributed by atoms with Gasteiger partial charge in [-0.3, -0.25) is 0 Å². The fourth-order valence-corrected chi connectivity index (χ4v) is 1.81. The number of carboxylic acid groups (broad SMARTS) is 1. The molecule has 2 aromatic rings. The highest BCUT2D eigenvalue weighted by atomic mass is 16.5. The maximum absolute atomic E-state index is 11.9. The van der Waals surface area contributed by atoms with Crippen molar-refractivity contribution in [1.29, 1.82) is 0 Å². The molecule has 0 bridgehead atoms. The Morgan fingerprint density at radius 3 is 2.24 bits per heavy atom. The first-order valence-electron chi connectivity index (χ1n) is 5.08. The summed E-state index contributed by atoms with van der Waals surface area (Å²) in [7, 11) is 0. The van der Waals surface area contributed by atoms with Crippen LogP contribution in [0, 0.1) is 10.4 Å². The molecule has 1 aromatic heterocycles. The van der Waals surface area contributed by atoms with Gasteiger partial charge in [0.05, 0.1) is 0 Å². The third-order valence-electron chi connectivity index (χ3n) is 2.58. The zero-order valence-corrected chi connectivity index (χ0v) is 9.08. The van der Waals surface area contributed by atoms with E-state index in [0.717, 1.165) is 0 Å². The van der Waals surface area contributed by atoms with Gasteiger partial charge in [0, 0.05) is 18.6 Å². The number of rotatable bonds is 2. The minimum absolute atomic E-state index is 0.0359. The van der Waals surface area contributed by atoms with Gasteiger partial charge in [-0.2, -0.15) is 4.73 Å². The Bertz CT molecular complexity index is 610. The molecule has 0 fully saturated rings. The summed E-state index contributed by atoms with van der Waals surface area (Å²) in [5, 5.41) is 32.8. The fourth-order valence-electron chi connectivity index (χ4n) is 1.81. The third kappa shape index (κ3) is 1.54. The minimum atomic E-state index is -1.40. The molecule has 1 heterocycles. The van der Waals surface area contributed by atoms with Gasteiger partial charge in [-0.05, 0) is 0 Å². The van der Waals surface area contributed by atoms with Crippen LogP contribution in [0.5, 0.6) is 0 Å². The predicted molar refractivity (Wildman–Crippen MR) is 58.2 cm³/mol. The molecular formula is C11H10N2O4. The van der Waals surface area contributed by atoms with Gasteiger partial charge in [0.1, 0.15) is 0 Å². The molecule has 6 heteroatoms. The molecule has 0 saturated carbocycles. The zero-order chi connectivity index (χ0) is 12.6. The van der Waals surface area contributed by atoms with Crippen LogP contribution in [0.25, 0.3) is 11.0 Å². The summed E-state index contributed by atoms with van der Waals surface area (Å²) < 4.78 is 0.804. The summed E-state index contributed by atoms with van der Waals surface area (Å²) >= 11 is 0. The number of carbonyl (C=O) groups is 1. The fraction of sp³-hybridized carbons (Fsp3) is 0.182. The first-order valence-corrected chi connectivity index (χ1v) is 5.08. The number of hydrogen-bond acceptors (Lipinski definition) is 3. The van der Waals surface area contributed by atoms with E-state index in [1.165, 1.54) is 12.1 Å². The normalized spacial score (nSPS) is 10.6. The number of para-hydroxylation sites is 2. The summed E-state index contributed by atoms with van der Waals surface area (Å²) in [5.74, 6) is -1.40. The number of nitrogens with zero attached hydrogens (tertiary/aromatic N) is 2. The van der Waals surface area contributed by atoms with Gasteiger partial charge in [-0.15, -0.1) is 4.73 Å². The van der Waals surface area contributed by atoms with Crippen LogP contribution in [0.1, 0.15) is 23.1 Å². The molecule has 6 nitrogen and oxygen atoms in total. The van der Waals surface area contributed by atoms with E-state index in [-0.39, 0.29) is 23.1 Å². The monoisotopic (exact) mass is 234 g/mol. The Kier molecular flexibility index (Phi) is 2.55. The molecule has 0 spiro atoms. The highest BCUT2D eigenvalue weighted by molar-refractivity contribution is 5.85. The molecule has 88 valence electrons. The quantitative estimate of drug-likeness (QED) is 0.600. The van der Waals surface area contributed by atoms with Crippen LogP contribution in [-0.4, -0.2) is 11.1 Å². The molecule has 1 N–H and O–H groups in total. The van der Waals surface area contributed by atoms with Crippen LogP contribution >= 0.6 is 0 Å². The number of benzene rings is 1. The number of hydrogen-bond donors (Lipinski definition) is 1. The topological polar surface area (TPSA) is 91.2 Å². The maximum atomic E-state index is 11.9. The van der Waals surface area contributed by atoms with E-state index in [4.69, 9.17) is 5.11 Å². The second-order valence-electron chi connectivity index (χ2n) is 3.53. The zero-order valence-electron chi connectivity index (χ0n) is 9.08. The van der Waals surface area contributed by atoms with Crippen LogP contribution in [-0.2, 0) is 6.42 Å². The number of fused-ring (bicyclic) bond motifs is 1. The van der Waals surface area contributed by atoms with Gasteiger partial charge in [0.25, 0.3) is 16.7 Å². The summed E-state index contributed by atoms with van der Waals surface area (Å²) in [6.45, 7) is 1.63. The predicted octanol–water partition coefficient (Wildman–Crippen LogP) is 0.367. The Hall–Kier alpha value is -2.37. The lowest BCUT2D eigenvalue weighted by molar-refractivity contribution is -0.636. The lowest BCUT2D eigenvalue weighted by Crippen LogP contribution is -2.47. The van der Waals surface area contributed by atoms with Crippen molar-refractivity contribution in [2.45, 2.75) is 13.3 Å². The summed E-state index contributed by atoms with van der Waals surface area (Å²) in [4.78, 5) is 11.0. The highest BCUT2D eigenvalue weighted by Gasteiger charge is 2.31. The van der Waals surface area contributed by atoms with Gasteiger partial charge in [0.2, 0.25) is 0 Å². The van der Waals surface area contributed by atoms with Crippen molar-refractivity contribution in [3.05, 3.63) is 46.1 Å². The number of aromatic carboxylic acids is 1. The van der Waals surface area contributed by atoms with Gasteiger partial charge in [-0.25, -0.2) is 4.79 Å². The highest BCUT2D eigenvalue weighted by Crippen LogP contribution is 2.09. The molecule has 1 aromatic carbocycles. The standard InChI is InChI=1S/C11H10N2O4/c1-2-7-10(11(14)15)13(17)9-6-4-3-5-8(9)12(7)16/h3-6H,2H2,1H3,(H,14,15). The average Bonchev–Trinajstić information content (AvgIpc) is 2.33. The van der Waals surface area contributed by atoms with Crippen molar-refractivity contribution in [1.82, 2.24) is 0 Å². The molecule has 0 atom stereocenters. The van der Waals surface area contributed by atoms with Crippen LogP contribution in [0.2, 0.25) is 0 Å². The molecule has 0 aliphatic rings. The van der Waals surface area contributed by atoms with Crippen molar-refractivity contribution < 1.29 is 19.4 Å². The smallest absolute Gasteiger partial charge is 0.409 e. The molecule has 2 rings (SSSR count). The van der Waals surface area contributed by atoms with E-state index >= 15 is 0 Å². The molecule has 0 aliphatic heterocycles. The molecule has 17 heavy (non-hydrogen) atoms. The Labute approximate surface area is 96.5 Å². The van der Waals surface area contributed by atoms with Crippen LogP contribution in [0.15, 0.2) is 24.3 Å². The summed E-state index contributed by atoms with van der Waals surface area (Å²) in [6.07, 6.45) is 0.179. The van der Waals surface area contributed by atoms with E-state index in [1.54, 1.807) is 19.1 Å². The van der Waals surface area contributed by atoms with Gasteiger partial charge in [0.15, 0.2) is 0 Å². The first-order chi connectivity index (χ1) is 8.07. The lowest BCUT2D eigenvalue weighted by atomic mass is 10.2. The Balaban J connectivity index is 2.99. The summed E-state index contributed by atoms with van der Waals surface area (Å²) in [5.41, 5.74) is -0.325. The van der Waals surface area contributed by atoms with Crippen LogP contribution in [0.3, 0.4) is 0 Å². The van der Waals surface area contributed by atoms with Crippen molar-refractivity contribution >= 4 is 17.0 Å². The molecule has 0 aliphatic carbocycles. The molecular weight excluding hydrogens is 224 g/mol. The van der Waals surface area contributed by atoms with Crippen molar-refractivity contribution in [2.75, 3.05) is 0 Å². The van der Waals surface area contributed by atoms with Crippen molar-refractivity contribution in [3.63, 3.8) is 0 Å². The minimum Gasteiger partial charge on any atom is -0.618 e. The van der Waals surface area contributed by atoms with Crippen LogP contribution < -0.4 is 9.46 Å². The number of aromatic nitrogens is 2. The second kappa shape index (κ2) is 3.89. The van der Waals surface area contributed by atoms with E-state index in [9.17, 15) is 15.2 Å². The van der Waals surface area contributed by atoms with Crippen LogP contribution in [0.4, 0.5) is 0 Å². The molecule has 0 radical (unpaired) electrons. The SMILES string of the molecule is CCc1c(C(=O)O)[n+]([O-])c2ccccc2[n+]1[O-]. The first kappa shape index (κ1) is 11.1.